The van der Waals surface area contributed by atoms with E-state index in [1.54, 1.807) is 24.3 Å². The van der Waals surface area contributed by atoms with Gasteiger partial charge in [0.1, 0.15) is 5.82 Å². The maximum Gasteiger partial charge on any atom is 0.239 e. The molecule has 0 bridgehead atoms. The predicted molar refractivity (Wildman–Crippen MR) is 82.9 cm³/mol. The first kappa shape index (κ1) is 15.3. The summed E-state index contributed by atoms with van der Waals surface area (Å²) in [6, 6.07) is 13.2. The van der Waals surface area contributed by atoms with Crippen LogP contribution in [0.1, 0.15) is 18.5 Å². The molecule has 1 atom stereocenters. The number of benzene rings is 2. The average Bonchev–Trinajstić information content (AvgIpc) is 2.46. The van der Waals surface area contributed by atoms with Crippen molar-refractivity contribution in [3.63, 3.8) is 0 Å². The normalized spacial score (nSPS) is 11.8. The van der Waals surface area contributed by atoms with Crippen LogP contribution in [0, 0.1) is 5.82 Å². The molecule has 2 rings (SSSR count). The highest BCUT2D eigenvalue weighted by molar-refractivity contribution is 6.30. The number of nitrogens with one attached hydrogen (secondary N) is 2. The molecule has 2 aromatic rings. The van der Waals surface area contributed by atoms with Crippen LogP contribution in [-0.2, 0) is 4.79 Å². The van der Waals surface area contributed by atoms with Gasteiger partial charge in [-0.15, -0.1) is 0 Å². The first-order valence-corrected chi connectivity index (χ1v) is 6.96. The van der Waals surface area contributed by atoms with Gasteiger partial charge in [0.05, 0.1) is 12.6 Å². The lowest BCUT2D eigenvalue weighted by Crippen LogP contribution is -2.32. The molecule has 5 heteroatoms. The number of hydrogen-bond donors (Lipinski definition) is 2. The summed E-state index contributed by atoms with van der Waals surface area (Å²) in [6.45, 7) is 1.98. The number of hydrogen-bond acceptors (Lipinski definition) is 2. The maximum absolute atomic E-state index is 13.0. The Morgan fingerprint density at radius 1 is 1.24 bits per heavy atom. The van der Waals surface area contributed by atoms with Gasteiger partial charge in [0.2, 0.25) is 5.91 Å². The van der Waals surface area contributed by atoms with E-state index in [1.807, 2.05) is 19.1 Å². The third kappa shape index (κ3) is 4.76. The van der Waals surface area contributed by atoms with Crippen molar-refractivity contribution < 1.29 is 9.18 Å². The highest BCUT2D eigenvalue weighted by atomic mass is 35.5. The minimum Gasteiger partial charge on any atom is -0.376 e. The number of amides is 1. The van der Waals surface area contributed by atoms with Gasteiger partial charge >= 0.3 is 0 Å². The minimum absolute atomic E-state index is 0.0847. The molecular formula is C16H16ClFN2O. The quantitative estimate of drug-likeness (QED) is 0.883. The zero-order valence-electron chi connectivity index (χ0n) is 11.6. The number of rotatable bonds is 5. The second-order valence-corrected chi connectivity index (χ2v) is 5.14. The Balaban J connectivity index is 1.85. The number of carbonyl (C=O) groups is 1. The van der Waals surface area contributed by atoms with E-state index in [2.05, 4.69) is 10.6 Å². The van der Waals surface area contributed by atoms with Crippen molar-refractivity contribution in [3.8, 4) is 0 Å². The largest absolute Gasteiger partial charge is 0.376 e. The summed E-state index contributed by atoms with van der Waals surface area (Å²) in [5, 5.41) is 6.40. The Morgan fingerprint density at radius 3 is 2.62 bits per heavy atom. The number of halogens is 2. The fourth-order valence-electron chi connectivity index (χ4n) is 1.91. The van der Waals surface area contributed by atoms with Crippen LogP contribution in [0.25, 0.3) is 0 Å². The molecular weight excluding hydrogens is 291 g/mol. The van der Waals surface area contributed by atoms with Gasteiger partial charge in [0.25, 0.3) is 0 Å². The molecule has 0 radical (unpaired) electrons. The third-order valence-corrected chi connectivity index (χ3v) is 3.28. The summed E-state index contributed by atoms with van der Waals surface area (Å²) in [5.41, 5.74) is 1.54. The van der Waals surface area contributed by atoms with E-state index in [9.17, 15) is 9.18 Å². The summed E-state index contributed by atoms with van der Waals surface area (Å²) in [6.07, 6.45) is 0. The summed E-state index contributed by atoms with van der Waals surface area (Å²) in [7, 11) is 0. The van der Waals surface area contributed by atoms with Crippen LogP contribution >= 0.6 is 11.6 Å². The summed E-state index contributed by atoms with van der Waals surface area (Å²) < 4.78 is 13.0. The van der Waals surface area contributed by atoms with Gasteiger partial charge in [-0.1, -0.05) is 29.8 Å². The molecule has 2 aromatic carbocycles. The fourth-order valence-corrected chi connectivity index (χ4v) is 2.03. The smallest absolute Gasteiger partial charge is 0.239 e. The van der Waals surface area contributed by atoms with Crippen LogP contribution in [0.4, 0.5) is 10.1 Å². The van der Waals surface area contributed by atoms with Gasteiger partial charge in [-0.2, -0.15) is 0 Å². The van der Waals surface area contributed by atoms with Crippen molar-refractivity contribution in [2.75, 3.05) is 11.9 Å². The zero-order valence-corrected chi connectivity index (χ0v) is 12.3. The van der Waals surface area contributed by atoms with E-state index >= 15 is 0 Å². The van der Waals surface area contributed by atoms with Crippen LogP contribution in [0.3, 0.4) is 0 Å². The number of anilines is 1. The first-order chi connectivity index (χ1) is 10.0. The van der Waals surface area contributed by atoms with Gasteiger partial charge in [-0.25, -0.2) is 4.39 Å². The molecule has 0 fully saturated rings. The van der Waals surface area contributed by atoms with Crippen molar-refractivity contribution in [3.05, 3.63) is 64.9 Å². The molecule has 21 heavy (non-hydrogen) atoms. The topological polar surface area (TPSA) is 41.1 Å². The molecule has 0 aromatic heterocycles. The van der Waals surface area contributed by atoms with Gasteiger partial charge in [-0.05, 0) is 42.8 Å². The van der Waals surface area contributed by atoms with E-state index in [1.165, 1.54) is 12.1 Å². The van der Waals surface area contributed by atoms with Crippen LogP contribution in [0.2, 0.25) is 5.02 Å². The second kappa shape index (κ2) is 7.09. The molecule has 0 aliphatic heterocycles. The molecule has 0 heterocycles. The lowest BCUT2D eigenvalue weighted by molar-refractivity contribution is -0.120. The average molecular weight is 307 g/mol. The van der Waals surface area contributed by atoms with Crippen LogP contribution in [-0.4, -0.2) is 12.5 Å². The van der Waals surface area contributed by atoms with Gasteiger partial charge < -0.3 is 10.6 Å². The Labute approximate surface area is 128 Å². The third-order valence-electron chi connectivity index (χ3n) is 3.03. The maximum atomic E-state index is 13.0. The van der Waals surface area contributed by atoms with Crippen molar-refractivity contribution in [2.24, 2.45) is 0 Å². The molecule has 0 spiro atoms. The van der Waals surface area contributed by atoms with E-state index in [4.69, 9.17) is 11.6 Å². The highest BCUT2D eigenvalue weighted by Gasteiger charge is 2.09. The molecule has 1 amide bonds. The molecule has 110 valence electrons. The monoisotopic (exact) mass is 306 g/mol. The summed E-state index contributed by atoms with van der Waals surface area (Å²) in [5.74, 6) is -0.503. The van der Waals surface area contributed by atoms with Gasteiger partial charge in [0, 0.05) is 10.7 Å². The van der Waals surface area contributed by atoms with Crippen molar-refractivity contribution >= 4 is 23.2 Å². The SMILES string of the molecule is CC(NC(=O)CNc1cccc(F)c1)c1ccc(Cl)cc1. The van der Waals surface area contributed by atoms with Gasteiger partial charge in [0.15, 0.2) is 0 Å². The first-order valence-electron chi connectivity index (χ1n) is 6.59. The summed E-state index contributed by atoms with van der Waals surface area (Å²) >= 11 is 5.82. The molecule has 2 N–H and O–H groups in total. The summed E-state index contributed by atoms with van der Waals surface area (Å²) in [4.78, 5) is 11.9. The Hall–Kier alpha value is -2.07. The molecule has 0 saturated heterocycles. The zero-order chi connectivity index (χ0) is 15.2. The molecule has 0 aliphatic rings. The molecule has 0 aliphatic carbocycles. The fraction of sp³-hybridized carbons (Fsp3) is 0.188. The molecule has 0 saturated carbocycles. The second-order valence-electron chi connectivity index (χ2n) is 4.70. The Morgan fingerprint density at radius 2 is 1.95 bits per heavy atom. The Bertz CT molecular complexity index is 616. The minimum atomic E-state index is -0.338. The Kier molecular flexibility index (Phi) is 5.17. The van der Waals surface area contributed by atoms with E-state index < -0.39 is 0 Å². The highest BCUT2D eigenvalue weighted by Crippen LogP contribution is 2.16. The van der Waals surface area contributed by atoms with Crippen LogP contribution in [0.15, 0.2) is 48.5 Å². The van der Waals surface area contributed by atoms with Crippen LogP contribution in [0.5, 0.6) is 0 Å². The lowest BCUT2D eigenvalue weighted by atomic mass is 10.1. The van der Waals surface area contributed by atoms with E-state index in [-0.39, 0.29) is 24.3 Å². The standard InChI is InChI=1S/C16H16ClFN2O/c1-11(12-5-7-13(17)8-6-12)20-16(21)10-19-15-4-2-3-14(18)9-15/h2-9,11,19H,10H2,1H3,(H,20,21). The van der Waals surface area contributed by atoms with Crippen molar-refractivity contribution in [1.29, 1.82) is 0 Å². The van der Waals surface area contributed by atoms with Crippen molar-refractivity contribution in [2.45, 2.75) is 13.0 Å². The number of carbonyl (C=O) groups excluding carboxylic acids is 1. The van der Waals surface area contributed by atoms with Crippen molar-refractivity contribution in [1.82, 2.24) is 5.32 Å². The molecule has 3 nitrogen and oxygen atoms in total. The van der Waals surface area contributed by atoms with E-state index in [0.717, 1.165) is 5.56 Å². The lowest BCUT2D eigenvalue weighted by Gasteiger charge is -2.15. The van der Waals surface area contributed by atoms with Gasteiger partial charge in [-0.3, -0.25) is 4.79 Å². The predicted octanol–water partition coefficient (Wildman–Crippen LogP) is 3.77. The van der Waals surface area contributed by atoms with E-state index in [0.29, 0.717) is 10.7 Å². The van der Waals surface area contributed by atoms with Crippen LogP contribution < -0.4 is 10.6 Å². The molecule has 1 unspecified atom stereocenters.